The number of carbonyl (C=O) groups excluding carboxylic acids is 1. The Labute approximate surface area is 416 Å². The molecule has 0 atom stereocenters. The van der Waals surface area contributed by atoms with Crippen LogP contribution in [0, 0.1) is 0 Å². The average Bonchev–Trinajstić information content (AvgIpc) is 4.22. The fraction of sp³-hybridized carbons (Fsp3) is 0.340. The van der Waals surface area contributed by atoms with E-state index in [4.69, 9.17) is 9.47 Å². The van der Waals surface area contributed by atoms with Gasteiger partial charge in [0.15, 0.2) is 17.1 Å². The summed E-state index contributed by atoms with van der Waals surface area (Å²) >= 11 is 0. The quantitative estimate of drug-likeness (QED) is 0.132. The van der Waals surface area contributed by atoms with Crippen molar-refractivity contribution in [2.75, 3.05) is 13.2 Å². The molecule has 2 aliphatic carbocycles. The molecule has 1 aliphatic heterocycles. The molecule has 2 saturated carbocycles. The Hall–Kier alpha value is -6.69. The van der Waals surface area contributed by atoms with Crippen LogP contribution in [-0.2, 0) is 46.9 Å². The Morgan fingerprint density at radius 3 is 1.34 bits per heavy atom. The zero-order chi connectivity index (χ0) is 49.9. The molecule has 0 N–H and O–H groups in total. The van der Waals surface area contributed by atoms with Gasteiger partial charge in [0.1, 0.15) is 5.78 Å². The Morgan fingerprint density at radius 2 is 0.959 bits per heavy atom. The van der Waals surface area contributed by atoms with Crippen molar-refractivity contribution in [3.05, 3.63) is 133 Å². The van der Waals surface area contributed by atoms with E-state index in [-0.39, 0.29) is 79.6 Å². The number of hydrogen-bond acceptors (Lipinski definition) is 11. The third-order valence-corrected chi connectivity index (χ3v) is 16.5. The monoisotopic (exact) mass is 1050 g/mol. The summed E-state index contributed by atoms with van der Waals surface area (Å²) in [6, 6.07) is 19.2. The second kappa shape index (κ2) is 20.0. The van der Waals surface area contributed by atoms with Crippen LogP contribution in [0.25, 0.3) is 44.3 Å². The van der Waals surface area contributed by atoms with Crippen LogP contribution in [0.3, 0.4) is 0 Å². The summed E-state index contributed by atoms with van der Waals surface area (Å²) in [5.41, 5.74) is 2.77. The third kappa shape index (κ3) is 10.2. The number of carbonyl (C=O) groups is 1. The maximum Gasteiger partial charge on any atom is 0.504 e. The first kappa shape index (κ1) is 52.6. The Kier molecular flexibility index (Phi) is 14.4. The van der Waals surface area contributed by atoms with Crippen molar-refractivity contribution in [1.29, 1.82) is 0 Å². The molecule has 23 heteroatoms. The standard InChI is InChI=1S/C25H23F3N4O4S.C23H19F3N4O3S.2CH4/c26-25(27,28)32-15-19(14-30-32)22-16-31(37(33,34)20-4-2-1-3-5-20)23-21(22)12-18(13-29-23)17-6-8-24(9-7-17)35-10-11-36-24;24-23(25,26)30-13-17(12-28-30)21-14-29(34(32,33)19-4-2-1-3-5-19)22-20(21)10-16(11-27-22)15-6-8-18(31)9-7-15;;/h1-5,12-17H,6-11H2;1-5,10-15H,6-9H2;2*1H4. The van der Waals surface area contributed by atoms with Gasteiger partial charge in [-0.05, 0) is 85.0 Å². The molecule has 0 bridgehead atoms. The summed E-state index contributed by atoms with van der Waals surface area (Å²) in [5.74, 6) is -0.131. The van der Waals surface area contributed by atoms with Gasteiger partial charge in [0, 0.05) is 95.9 Å². The molecular formula is C50H50F6N8O7S2. The van der Waals surface area contributed by atoms with E-state index >= 15 is 0 Å². The zero-order valence-electron chi connectivity index (χ0n) is 37.3. The number of halogens is 6. The van der Waals surface area contributed by atoms with Crippen LogP contribution in [0.1, 0.15) is 89.2 Å². The van der Waals surface area contributed by atoms with E-state index in [0.29, 0.717) is 55.2 Å². The predicted octanol–water partition coefficient (Wildman–Crippen LogP) is 11.1. The van der Waals surface area contributed by atoms with Gasteiger partial charge in [-0.2, -0.15) is 19.6 Å². The normalized spacial score (nSPS) is 16.8. The molecule has 2 aromatic carbocycles. The van der Waals surface area contributed by atoms with E-state index in [1.54, 1.807) is 54.9 Å². The van der Waals surface area contributed by atoms with Gasteiger partial charge in [-0.1, -0.05) is 51.3 Å². The molecule has 1 spiro atoms. The smallest absolute Gasteiger partial charge is 0.348 e. The number of ether oxygens (including phenoxy) is 2. The van der Waals surface area contributed by atoms with Crippen molar-refractivity contribution in [1.82, 2.24) is 37.5 Å². The number of aromatic nitrogens is 8. The Bertz CT molecular complexity index is 3490. The molecule has 3 aliphatic rings. The molecule has 73 heavy (non-hydrogen) atoms. The predicted molar refractivity (Wildman–Crippen MR) is 258 cm³/mol. The minimum atomic E-state index is -4.70. The SMILES string of the molecule is C.C.O=C1CCC(c2cnc3c(c2)c(-c2cnn(C(F)(F)F)c2)cn3S(=O)(=O)c2ccccc2)CC1.O=S(=O)(c1ccccc1)n1cc(-c2cnn(C(F)(F)F)c2)c2cc(C3CCC4(CC3)OCCO4)cnc21. The molecule has 11 rings (SSSR count). The molecule has 15 nitrogen and oxygen atoms in total. The number of rotatable bonds is 8. The van der Waals surface area contributed by atoms with Gasteiger partial charge in [0.25, 0.3) is 20.0 Å². The fourth-order valence-electron chi connectivity index (χ4n) is 9.53. The van der Waals surface area contributed by atoms with Crippen molar-refractivity contribution in [3.63, 3.8) is 0 Å². The van der Waals surface area contributed by atoms with Crippen LogP contribution in [0.2, 0.25) is 0 Å². The lowest BCUT2D eigenvalue weighted by atomic mass is 9.81. The maximum absolute atomic E-state index is 13.5. The topological polar surface area (TPSA) is 175 Å². The molecular weight excluding hydrogens is 1000 g/mol. The maximum atomic E-state index is 13.5. The number of benzene rings is 2. The second-order valence-corrected chi connectivity index (χ2v) is 21.2. The van der Waals surface area contributed by atoms with Crippen LogP contribution in [0.5, 0.6) is 0 Å². The van der Waals surface area contributed by atoms with Gasteiger partial charge in [0.2, 0.25) is 0 Å². The summed E-state index contributed by atoms with van der Waals surface area (Å²) in [7, 11) is -8.11. The zero-order valence-corrected chi connectivity index (χ0v) is 38.9. The largest absolute Gasteiger partial charge is 0.504 e. The van der Waals surface area contributed by atoms with E-state index < -0.39 is 38.4 Å². The van der Waals surface area contributed by atoms with Crippen molar-refractivity contribution in [3.8, 4) is 22.3 Å². The molecule has 0 radical (unpaired) electrons. The average molecular weight is 1050 g/mol. The second-order valence-electron chi connectivity index (χ2n) is 17.6. The summed E-state index contributed by atoms with van der Waals surface area (Å²) in [6.07, 6.45) is 5.48. The van der Waals surface area contributed by atoms with E-state index in [2.05, 4.69) is 20.2 Å². The number of nitrogens with zero attached hydrogens (tertiary/aromatic N) is 8. The van der Waals surface area contributed by atoms with Gasteiger partial charge >= 0.3 is 12.6 Å². The number of alkyl halides is 6. The number of ketones is 1. The van der Waals surface area contributed by atoms with Gasteiger partial charge in [0.05, 0.1) is 35.4 Å². The van der Waals surface area contributed by atoms with Crippen LogP contribution in [0.15, 0.2) is 132 Å². The highest BCUT2D eigenvalue weighted by Crippen LogP contribution is 2.44. The van der Waals surface area contributed by atoms with E-state index in [1.807, 2.05) is 6.07 Å². The highest BCUT2D eigenvalue weighted by molar-refractivity contribution is 7.90. The minimum absolute atomic E-state index is 0. The lowest BCUT2D eigenvalue weighted by Gasteiger charge is -2.35. The third-order valence-electron chi connectivity index (χ3n) is 13.2. The summed E-state index contributed by atoms with van der Waals surface area (Å²) < 4.78 is 146. The molecule has 7 heterocycles. The molecule has 8 aromatic rings. The van der Waals surface area contributed by atoms with Crippen LogP contribution in [-0.4, -0.2) is 79.1 Å². The van der Waals surface area contributed by atoms with E-state index in [1.165, 1.54) is 36.7 Å². The van der Waals surface area contributed by atoms with Crippen molar-refractivity contribution >= 4 is 47.9 Å². The first-order valence-electron chi connectivity index (χ1n) is 22.5. The van der Waals surface area contributed by atoms with Crippen LogP contribution >= 0.6 is 0 Å². The first-order chi connectivity index (χ1) is 33.8. The highest BCUT2D eigenvalue weighted by atomic mass is 32.2. The molecule has 1 saturated heterocycles. The summed E-state index contributed by atoms with van der Waals surface area (Å²) in [6.45, 7) is 1.16. The Morgan fingerprint density at radius 1 is 0.562 bits per heavy atom. The first-order valence-corrected chi connectivity index (χ1v) is 25.4. The summed E-state index contributed by atoms with van der Waals surface area (Å²) in [4.78, 5) is 20.6. The number of fused-ring (bicyclic) bond motifs is 2. The van der Waals surface area contributed by atoms with Crippen LogP contribution < -0.4 is 0 Å². The number of pyridine rings is 2. The molecule has 0 unspecified atom stereocenters. The fourth-order valence-corrected chi connectivity index (χ4v) is 12.2. The Balaban J connectivity index is 0.000000190. The molecule has 3 fully saturated rings. The van der Waals surface area contributed by atoms with Crippen molar-refractivity contribution < 1.29 is 57.4 Å². The van der Waals surface area contributed by atoms with Crippen molar-refractivity contribution in [2.24, 2.45) is 0 Å². The van der Waals surface area contributed by atoms with Gasteiger partial charge in [-0.3, -0.25) is 4.79 Å². The summed E-state index contributed by atoms with van der Waals surface area (Å²) in [5, 5.41) is 7.67. The van der Waals surface area contributed by atoms with E-state index in [9.17, 15) is 48.0 Å². The lowest BCUT2D eigenvalue weighted by Crippen LogP contribution is -2.34. The molecule has 6 aromatic heterocycles. The van der Waals surface area contributed by atoms with E-state index in [0.717, 1.165) is 69.5 Å². The van der Waals surface area contributed by atoms with Gasteiger partial charge in [-0.25, -0.2) is 34.7 Å². The minimum Gasteiger partial charge on any atom is -0.348 e. The molecule has 386 valence electrons. The van der Waals surface area contributed by atoms with Crippen LogP contribution in [0.4, 0.5) is 26.3 Å². The highest BCUT2D eigenvalue weighted by Gasteiger charge is 2.41. The number of Topliss-reactive ketones (excluding diaryl/α,β-unsaturated/α-hetero) is 1. The lowest BCUT2D eigenvalue weighted by molar-refractivity contribution is -0.213. The number of hydrogen-bond donors (Lipinski definition) is 0. The molecule has 0 amide bonds. The van der Waals surface area contributed by atoms with Gasteiger partial charge in [-0.15, -0.1) is 26.3 Å². The van der Waals surface area contributed by atoms with Crippen molar-refractivity contribution in [2.45, 2.75) is 106 Å². The van der Waals surface area contributed by atoms with Gasteiger partial charge < -0.3 is 9.47 Å².